The van der Waals surface area contributed by atoms with Crippen LogP contribution in [0.25, 0.3) is 0 Å². The van der Waals surface area contributed by atoms with Gasteiger partial charge in [-0.15, -0.1) is 0 Å². The molecular formula is C15H19ClN2O4S. The molecule has 0 saturated carbocycles. The lowest BCUT2D eigenvalue weighted by Gasteiger charge is -2.14. The Morgan fingerprint density at radius 3 is 2.74 bits per heavy atom. The summed E-state index contributed by atoms with van der Waals surface area (Å²) in [5.41, 5.74) is 0.726. The smallest absolute Gasteiger partial charge is 0.244 e. The number of benzene rings is 1. The molecule has 1 unspecified atom stereocenters. The molecule has 23 heavy (non-hydrogen) atoms. The summed E-state index contributed by atoms with van der Waals surface area (Å²) in [5.74, 6) is 0.213. The van der Waals surface area contributed by atoms with Gasteiger partial charge in [-0.2, -0.15) is 0 Å². The number of nitrogens with one attached hydrogen (secondary N) is 1. The Hall–Kier alpha value is -1.54. The van der Waals surface area contributed by atoms with Crippen LogP contribution in [-0.2, 0) is 17.1 Å². The number of halogens is 1. The second-order valence-corrected chi connectivity index (χ2v) is 7.21. The van der Waals surface area contributed by atoms with Crippen molar-refractivity contribution in [2.45, 2.75) is 17.4 Å². The molecule has 8 heteroatoms. The van der Waals surface area contributed by atoms with Gasteiger partial charge < -0.3 is 14.4 Å². The number of sulfonamides is 1. The predicted octanol–water partition coefficient (Wildman–Crippen LogP) is 2.09. The third-order valence-corrected chi connectivity index (χ3v) is 5.17. The van der Waals surface area contributed by atoms with Crippen molar-refractivity contribution in [3.63, 3.8) is 0 Å². The molecule has 0 aliphatic heterocycles. The van der Waals surface area contributed by atoms with Gasteiger partial charge in [-0.05, 0) is 36.8 Å². The zero-order chi connectivity index (χ0) is 17.0. The first-order valence-corrected chi connectivity index (χ1v) is 8.84. The van der Waals surface area contributed by atoms with Crippen LogP contribution in [0.3, 0.4) is 0 Å². The third kappa shape index (κ3) is 4.26. The van der Waals surface area contributed by atoms with Crippen LogP contribution in [0.5, 0.6) is 5.75 Å². The van der Waals surface area contributed by atoms with Crippen molar-refractivity contribution in [2.24, 2.45) is 7.05 Å². The summed E-state index contributed by atoms with van der Waals surface area (Å²) in [6.45, 7) is 0.0876. The Morgan fingerprint density at radius 1 is 1.39 bits per heavy atom. The molecule has 126 valence electrons. The van der Waals surface area contributed by atoms with Gasteiger partial charge in [0.15, 0.2) is 0 Å². The molecule has 0 aliphatic carbocycles. The minimum Gasteiger partial charge on any atom is -0.495 e. The highest BCUT2D eigenvalue weighted by Crippen LogP contribution is 2.27. The first-order chi connectivity index (χ1) is 10.8. The van der Waals surface area contributed by atoms with E-state index in [2.05, 4.69) is 4.72 Å². The van der Waals surface area contributed by atoms with Gasteiger partial charge in [-0.25, -0.2) is 13.1 Å². The molecule has 1 heterocycles. The Bertz CT molecular complexity index is 774. The van der Waals surface area contributed by atoms with Crippen molar-refractivity contribution in [1.29, 1.82) is 0 Å². The number of aromatic nitrogens is 1. The summed E-state index contributed by atoms with van der Waals surface area (Å²) < 4.78 is 34.0. The number of rotatable bonds is 7. The highest BCUT2D eigenvalue weighted by atomic mass is 35.5. The van der Waals surface area contributed by atoms with Gasteiger partial charge in [0.05, 0.1) is 13.2 Å². The summed E-state index contributed by atoms with van der Waals surface area (Å²) in [5, 5.41) is 10.4. The SMILES string of the molecule is COc1ccc(Cl)cc1S(=O)(=O)NCCC(O)c1cccn1C. The van der Waals surface area contributed by atoms with Crippen LogP contribution in [0.15, 0.2) is 41.4 Å². The largest absolute Gasteiger partial charge is 0.495 e. The van der Waals surface area contributed by atoms with Crippen molar-refractivity contribution in [2.75, 3.05) is 13.7 Å². The monoisotopic (exact) mass is 358 g/mol. The zero-order valence-corrected chi connectivity index (χ0v) is 14.4. The van der Waals surface area contributed by atoms with Crippen molar-refractivity contribution in [3.05, 3.63) is 47.2 Å². The first-order valence-electron chi connectivity index (χ1n) is 6.97. The minimum absolute atomic E-state index is 0.0270. The van der Waals surface area contributed by atoms with E-state index in [0.717, 1.165) is 5.69 Å². The van der Waals surface area contributed by atoms with E-state index in [0.29, 0.717) is 5.02 Å². The molecule has 2 aromatic rings. The molecule has 0 amide bonds. The lowest BCUT2D eigenvalue weighted by Crippen LogP contribution is -2.26. The molecule has 6 nitrogen and oxygen atoms in total. The Morgan fingerprint density at radius 2 is 2.13 bits per heavy atom. The van der Waals surface area contributed by atoms with Crippen molar-refractivity contribution >= 4 is 21.6 Å². The number of ether oxygens (including phenoxy) is 1. The fourth-order valence-corrected chi connectivity index (χ4v) is 3.71. The molecule has 1 aromatic carbocycles. The summed E-state index contributed by atoms with van der Waals surface area (Å²) in [6.07, 6.45) is 1.32. The van der Waals surface area contributed by atoms with Gasteiger partial charge in [0.2, 0.25) is 10.0 Å². The maximum atomic E-state index is 12.4. The second-order valence-electron chi connectivity index (χ2n) is 5.04. The number of hydrogen-bond acceptors (Lipinski definition) is 4. The van der Waals surface area contributed by atoms with Crippen LogP contribution in [0.4, 0.5) is 0 Å². The fourth-order valence-electron chi connectivity index (χ4n) is 2.24. The highest BCUT2D eigenvalue weighted by molar-refractivity contribution is 7.89. The van der Waals surface area contributed by atoms with E-state index in [1.165, 1.54) is 19.2 Å². The summed E-state index contributed by atoms with van der Waals surface area (Å²) in [4.78, 5) is -0.0270. The average Bonchev–Trinajstić information content (AvgIpc) is 2.93. The van der Waals surface area contributed by atoms with Crippen molar-refractivity contribution < 1.29 is 18.3 Å². The number of hydrogen-bond donors (Lipinski definition) is 2. The lowest BCUT2D eigenvalue weighted by molar-refractivity contribution is 0.161. The number of aryl methyl sites for hydroxylation is 1. The Kier molecular flexibility index (Phi) is 5.69. The van der Waals surface area contributed by atoms with Gasteiger partial charge in [0, 0.05) is 30.5 Å². The normalized spacial score (nSPS) is 13.0. The number of methoxy groups -OCH3 is 1. The third-order valence-electron chi connectivity index (χ3n) is 3.45. The quantitative estimate of drug-likeness (QED) is 0.794. The van der Waals surface area contributed by atoms with Crippen LogP contribution in [0.1, 0.15) is 18.2 Å². The molecule has 0 radical (unpaired) electrons. The second kappa shape index (κ2) is 7.35. The van der Waals surface area contributed by atoms with Gasteiger partial charge in [-0.3, -0.25) is 0 Å². The predicted molar refractivity (Wildman–Crippen MR) is 88.2 cm³/mol. The molecular weight excluding hydrogens is 340 g/mol. The topological polar surface area (TPSA) is 80.6 Å². The van der Waals surface area contributed by atoms with E-state index in [4.69, 9.17) is 16.3 Å². The van der Waals surface area contributed by atoms with Crippen LogP contribution in [0, 0.1) is 0 Å². The van der Waals surface area contributed by atoms with Gasteiger partial charge in [0.1, 0.15) is 10.6 Å². The van der Waals surface area contributed by atoms with E-state index in [1.807, 2.05) is 19.3 Å². The van der Waals surface area contributed by atoms with Crippen LogP contribution in [0.2, 0.25) is 5.02 Å². The van der Waals surface area contributed by atoms with Crippen LogP contribution in [-0.4, -0.2) is 31.7 Å². The maximum absolute atomic E-state index is 12.4. The van der Waals surface area contributed by atoms with Gasteiger partial charge >= 0.3 is 0 Å². The highest BCUT2D eigenvalue weighted by Gasteiger charge is 2.20. The average molecular weight is 359 g/mol. The lowest BCUT2D eigenvalue weighted by atomic mass is 10.2. The van der Waals surface area contributed by atoms with E-state index in [9.17, 15) is 13.5 Å². The summed E-state index contributed by atoms with van der Waals surface area (Å²) in [6, 6.07) is 7.99. The molecule has 0 fully saturated rings. The molecule has 1 atom stereocenters. The number of aliphatic hydroxyl groups excluding tert-OH is 1. The van der Waals surface area contributed by atoms with Crippen molar-refractivity contribution in [3.8, 4) is 5.75 Å². The standard InChI is InChI=1S/C15H19ClN2O4S/c1-18-9-3-4-12(18)13(19)7-8-17-23(20,21)15-10-11(16)5-6-14(15)22-2/h3-6,9-10,13,17,19H,7-8H2,1-2H3. The molecule has 1 aromatic heterocycles. The molecule has 0 aliphatic rings. The van der Waals surface area contributed by atoms with Crippen LogP contribution >= 0.6 is 11.6 Å². The van der Waals surface area contributed by atoms with Crippen LogP contribution < -0.4 is 9.46 Å². The van der Waals surface area contributed by atoms with E-state index in [-0.39, 0.29) is 23.6 Å². The summed E-state index contributed by atoms with van der Waals surface area (Å²) >= 11 is 5.86. The van der Waals surface area contributed by atoms with Gasteiger partial charge in [0.25, 0.3) is 0 Å². The van der Waals surface area contributed by atoms with Crippen molar-refractivity contribution in [1.82, 2.24) is 9.29 Å². The molecule has 0 saturated heterocycles. The molecule has 2 rings (SSSR count). The maximum Gasteiger partial charge on any atom is 0.244 e. The van der Waals surface area contributed by atoms with Gasteiger partial charge in [-0.1, -0.05) is 11.6 Å². The molecule has 0 spiro atoms. The Balaban J connectivity index is 2.05. The number of aliphatic hydroxyl groups is 1. The van der Waals surface area contributed by atoms with E-state index < -0.39 is 16.1 Å². The van der Waals surface area contributed by atoms with E-state index >= 15 is 0 Å². The molecule has 0 bridgehead atoms. The zero-order valence-electron chi connectivity index (χ0n) is 12.9. The minimum atomic E-state index is -3.78. The fraction of sp³-hybridized carbons (Fsp3) is 0.333. The number of nitrogens with zero attached hydrogens (tertiary/aromatic N) is 1. The molecule has 2 N–H and O–H groups in total. The summed E-state index contributed by atoms with van der Waals surface area (Å²) in [7, 11) is -0.568. The van der Waals surface area contributed by atoms with E-state index in [1.54, 1.807) is 16.7 Å². The first kappa shape index (κ1) is 17.8. The Labute approximate surface area is 140 Å².